The van der Waals surface area contributed by atoms with E-state index in [9.17, 15) is 4.79 Å². The lowest BCUT2D eigenvalue weighted by Crippen LogP contribution is -2.53. The number of methoxy groups -OCH3 is 1. The first-order valence-corrected chi connectivity index (χ1v) is 8.39. The van der Waals surface area contributed by atoms with Crippen LogP contribution in [-0.4, -0.2) is 43.3 Å². The lowest BCUT2D eigenvalue weighted by atomic mass is 9.73. The predicted molar refractivity (Wildman–Crippen MR) is 91.0 cm³/mol. The maximum absolute atomic E-state index is 11.2. The Morgan fingerprint density at radius 2 is 2.12 bits per heavy atom. The molecular weight excluding hydrogens is 324 g/mol. The fourth-order valence-electron chi connectivity index (χ4n) is 3.66. The number of carbonyl (C=O) groups is 1. The Bertz CT molecular complexity index is 630. The van der Waals surface area contributed by atoms with Crippen LogP contribution in [0.15, 0.2) is 35.5 Å². The molecule has 3 rings (SSSR count). The first kappa shape index (κ1) is 17.7. The minimum Gasteiger partial charge on any atom is -0.444 e. The molecule has 1 aliphatic heterocycles. The van der Waals surface area contributed by atoms with Crippen molar-refractivity contribution in [2.45, 2.75) is 44.2 Å². The SMILES string of the molecule is CO[C@@H]1[C@H](OC(N)=O)CC[C@]2(CO2)[C@H]1/C(C)=N/OCc1ccccc1. The lowest BCUT2D eigenvalue weighted by molar-refractivity contribution is -0.0799. The Labute approximate surface area is 147 Å². The van der Waals surface area contributed by atoms with E-state index in [0.29, 0.717) is 19.6 Å². The number of carbonyl (C=O) groups excluding carboxylic acids is 1. The molecule has 1 aromatic carbocycles. The average molecular weight is 348 g/mol. The van der Waals surface area contributed by atoms with Crippen molar-refractivity contribution >= 4 is 11.8 Å². The zero-order valence-electron chi connectivity index (χ0n) is 14.5. The minimum atomic E-state index is -0.798. The molecule has 7 heteroatoms. The second kappa shape index (κ2) is 7.41. The topological polar surface area (TPSA) is 95.7 Å². The van der Waals surface area contributed by atoms with Crippen molar-refractivity contribution in [3.63, 3.8) is 0 Å². The Morgan fingerprint density at radius 1 is 1.40 bits per heavy atom. The van der Waals surface area contributed by atoms with E-state index < -0.39 is 12.2 Å². The molecule has 0 bridgehead atoms. The third-order valence-electron chi connectivity index (χ3n) is 4.90. The van der Waals surface area contributed by atoms with Crippen LogP contribution in [0, 0.1) is 5.92 Å². The van der Waals surface area contributed by atoms with Gasteiger partial charge in [0.25, 0.3) is 0 Å². The van der Waals surface area contributed by atoms with E-state index in [1.165, 1.54) is 0 Å². The standard InChI is InChI=1S/C18H24N2O5/c1-12(20-24-10-13-6-4-3-5-7-13)15-16(22-2)14(25-17(19)21)8-9-18(15)11-23-18/h3-7,14-16H,8-11H2,1-2H3,(H2,19,21)/b20-12+/t14-,15+,16-,18+/m1/s1. The molecule has 4 atom stereocenters. The molecule has 1 amide bonds. The van der Waals surface area contributed by atoms with Gasteiger partial charge in [0, 0.05) is 7.11 Å². The van der Waals surface area contributed by atoms with Crippen molar-refractivity contribution < 1.29 is 23.8 Å². The number of nitrogens with zero attached hydrogens (tertiary/aromatic N) is 1. The van der Waals surface area contributed by atoms with E-state index in [4.69, 9.17) is 24.8 Å². The van der Waals surface area contributed by atoms with E-state index in [2.05, 4.69) is 5.16 Å². The fraction of sp³-hybridized carbons (Fsp3) is 0.556. The maximum atomic E-state index is 11.2. The monoisotopic (exact) mass is 348 g/mol. The van der Waals surface area contributed by atoms with Gasteiger partial charge in [-0.2, -0.15) is 0 Å². The smallest absolute Gasteiger partial charge is 0.404 e. The lowest BCUT2D eigenvalue weighted by Gasteiger charge is -2.39. The number of epoxide rings is 1. The van der Waals surface area contributed by atoms with Crippen molar-refractivity contribution in [1.82, 2.24) is 0 Å². The molecule has 0 aromatic heterocycles. The second-order valence-corrected chi connectivity index (χ2v) is 6.54. The Morgan fingerprint density at radius 3 is 2.72 bits per heavy atom. The molecule has 2 aliphatic rings. The minimum absolute atomic E-state index is 0.147. The highest BCUT2D eigenvalue weighted by Crippen LogP contribution is 2.48. The van der Waals surface area contributed by atoms with Gasteiger partial charge in [0.2, 0.25) is 0 Å². The molecule has 25 heavy (non-hydrogen) atoms. The van der Waals surface area contributed by atoms with Crippen LogP contribution >= 0.6 is 0 Å². The third kappa shape index (κ3) is 3.93. The summed E-state index contributed by atoms with van der Waals surface area (Å²) in [6, 6.07) is 9.82. The highest BCUT2D eigenvalue weighted by atomic mass is 16.6. The predicted octanol–water partition coefficient (Wildman–Crippen LogP) is 2.24. The molecule has 2 N–H and O–H groups in total. The summed E-state index contributed by atoms with van der Waals surface area (Å²) in [6.45, 7) is 2.92. The number of ether oxygens (including phenoxy) is 3. The maximum Gasteiger partial charge on any atom is 0.404 e. The fourth-order valence-corrected chi connectivity index (χ4v) is 3.66. The molecule has 1 saturated heterocycles. The molecule has 1 spiro atoms. The van der Waals surface area contributed by atoms with Crippen LogP contribution in [-0.2, 0) is 25.7 Å². The molecule has 136 valence electrons. The largest absolute Gasteiger partial charge is 0.444 e. The Kier molecular flexibility index (Phi) is 5.24. The third-order valence-corrected chi connectivity index (χ3v) is 4.90. The average Bonchev–Trinajstić information content (AvgIpc) is 3.36. The summed E-state index contributed by atoms with van der Waals surface area (Å²) < 4.78 is 16.6. The number of rotatable bonds is 6. The molecular formula is C18H24N2O5. The molecule has 1 saturated carbocycles. The second-order valence-electron chi connectivity index (χ2n) is 6.54. The van der Waals surface area contributed by atoms with Gasteiger partial charge in [0.15, 0.2) is 0 Å². The molecule has 2 fully saturated rings. The number of oxime groups is 1. The first-order chi connectivity index (χ1) is 12.1. The van der Waals surface area contributed by atoms with Gasteiger partial charge in [-0.15, -0.1) is 0 Å². The summed E-state index contributed by atoms with van der Waals surface area (Å²) in [5.41, 5.74) is 6.69. The van der Waals surface area contributed by atoms with Crippen LogP contribution in [0.25, 0.3) is 0 Å². The number of hydrogen-bond acceptors (Lipinski definition) is 6. The van der Waals surface area contributed by atoms with Crippen LogP contribution in [0.3, 0.4) is 0 Å². The summed E-state index contributed by atoms with van der Waals surface area (Å²) in [5.74, 6) is -0.147. The van der Waals surface area contributed by atoms with Gasteiger partial charge in [-0.1, -0.05) is 35.5 Å². The number of nitrogens with two attached hydrogens (primary N) is 1. The molecule has 0 unspecified atom stereocenters. The summed E-state index contributed by atoms with van der Waals surface area (Å²) in [4.78, 5) is 16.7. The summed E-state index contributed by atoms with van der Waals surface area (Å²) >= 11 is 0. The number of amides is 1. The molecule has 0 radical (unpaired) electrons. The quantitative estimate of drug-likeness (QED) is 0.483. The van der Waals surface area contributed by atoms with Crippen molar-refractivity contribution in [1.29, 1.82) is 0 Å². The summed E-state index contributed by atoms with van der Waals surface area (Å²) in [5, 5.41) is 4.28. The van der Waals surface area contributed by atoms with Crippen LogP contribution in [0.5, 0.6) is 0 Å². The van der Waals surface area contributed by atoms with Gasteiger partial charge in [0.05, 0.1) is 18.2 Å². The molecule has 1 heterocycles. The molecule has 1 aromatic rings. The van der Waals surface area contributed by atoms with Crippen molar-refractivity contribution in [2.24, 2.45) is 16.8 Å². The van der Waals surface area contributed by atoms with Gasteiger partial charge in [-0.3, -0.25) is 0 Å². The molecule has 7 nitrogen and oxygen atoms in total. The van der Waals surface area contributed by atoms with E-state index in [0.717, 1.165) is 17.7 Å². The Hall–Kier alpha value is -2.12. The van der Waals surface area contributed by atoms with E-state index in [1.807, 2.05) is 37.3 Å². The zero-order chi connectivity index (χ0) is 17.9. The highest BCUT2D eigenvalue weighted by molar-refractivity contribution is 5.86. The van der Waals surface area contributed by atoms with Crippen LogP contribution in [0.4, 0.5) is 4.79 Å². The molecule has 1 aliphatic carbocycles. The number of hydrogen-bond donors (Lipinski definition) is 1. The van der Waals surface area contributed by atoms with Crippen LogP contribution in [0.2, 0.25) is 0 Å². The highest BCUT2D eigenvalue weighted by Gasteiger charge is 2.60. The van der Waals surface area contributed by atoms with Gasteiger partial charge >= 0.3 is 6.09 Å². The number of primary amides is 1. The van der Waals surface area contributed by atoms with Gasteiger partial charge in [0.1, 0.15) is 24.4 Å². The normalized spacial score (nSPS) is 31.6. The van der Waals surface area contributed by atoms with E-state index in [1.54, 1.807) is 7.11 Å². The van der Waals surface area contributed by atoms with Crippen molar-refractivity contribution in [3.05, 3.63) is 35.9 Å². The van der Waals surface area contributed by atoms with E-state index >= 15 is 0 Å². The van der Waals surface area contributed by atoms with Gasteiger partial charge in [-0.25, -0.2) is 4.79 Å². The summed E-state index contributed by atoms with van der Waals surface area (Å²) in [6.07, 6.45) is -0.167. The van der Waals surface area contributed by atoms with Crippen LogP contribution in [0.1, 0.15) is 25.3 Å². The number of benzene rings is 1. The van der Waals surface area contributed by atoms with Crippen LogP contribution < -0.4 is 5.73 Å². The zero-order valence-corrected chi connectivity index (χ0v) is 14.5. The van der Waals surface area contributed by atoms with Gasteiger partial charge < -0.3 is 24.8 Å². The van der Waals surface area contributed by atoms with Crippen molar-refractivity contribution in [2.75, 3.05) is 13.7 Å². The first-order valence-electron chi connectivity index (χ1n) is 8.39. The summed E-state index contributed by atoms with van der Waals surface area (Å²) in [7, 11) is 1.59. The Balaban J connectivity index is 1.71. The van der Waals surface area contributed by atoms with Crippen molar-refractivity contribution in [3.8, 4) is 0 Å². The van der Waals surface area contributed by atoms with E-state index in [-0.39, 0.29) is 17.6 Å². The van der Waals surface area contributed by atoms with Gasteiger partial charge in [-0.05, 0) is 25.3 Å².